The van der Waals surface area contributed by atoms with Gasteiger partial charge in [0.05, 0.1) is 12.9 Å². The topological polar surface area (TPSA) is 171 Å². The Morgan fingerprint density at radius 2 is 1.95 bits per heavy atom. The number of ether oxygens (including phenoxy) is 1. The Labute approximate surface area is 124 Å². The fraction of sp³-hybridized carbons (Fsp3) is 0.500. The Balaban J connectivity index is 0.00000110. The van der Waals surface area contributed by atoms with Crippen LogP contribution in [0.15, 0.2) is 12.7 Å². The Morgan fingerprint density at radius 1 is 1.24 bits per heavy atom. The molecule has 0 radical (unpaired) electrons. The molecule has 0 unspecified atom stereocenters. The van der Waals surface area contributed by atoms with Gasteiger partial charge in [-0.15, -0.1) is 12.4 Å². The van der Waals surface area contributed by atoms with Crippen molar-refractivity contribution in [3.05, 3.63) is 12.7 Å². The number of imidazole rings is 1. The molecule has 21 heavy (non-hydrogen) atoms. The molecule has 11 heteroatoms. The van der Waals surface area contributed by atoms with Crippen molar-refractivity contribution in [3.63, 3.8) is 0 Å². The molecule has 7 N–H and O–H groups in total. The van der Waals surface area contributed by atoms with E-state index >= 15 is 0 Å². The summed E-state index contributed by atoms with van der Waals surface area (Å²) in [4.78, 5) is 11.9. The van der Waals surface area contributed by atoms with Gasteiger partial charge in [-0.2, -0.15) is 0 Å². The van der Waals surface area contributed by atoms with Crippen molar-refractivity contribution in [1.82, 2.24) is 19.5 Å². The van der Waals surface area contributed by atoms with E-state index in [1.165, 1.54) is 17.2 Å². The molecule has 0 spiro atoms. The lowest BCUT2D eigenvalue weighted by Crippen LogP contribution is -2.33. The lowest BCUT2D eigenvalue weighted by Gasteiger charge is -2.16. The number of anilines is 1. The molecule has 0 saturated carbocycles. The zero-order chi connectivity index (χ0) is 13.6. The van der Waals surface area contributed by atoms with E-state index in [9.17, 15) is 10.2 Å². The van der Waals surface area contributed by atoms with Gasteiger partial charge >= 0.3 is 0 Å². The number of hydrogen-bond donors (Lipinski definition) is 4. The lowest BCUT2D eigenvalue weighted by atomic mass is 10.1. The van der Waals surface area contributed by atoms with Crippen LogP contribution < -0.4 is 5.73 Å². The zero-order valence-electron chi connectivity index (χ0n) is 10.7. The minimum absolute atomic E-state index is 0. The molecule has 1 saturated heterocycles. The Bertz CT molecular complexity index is 611. The first-order chi connectivity index (χ1) is 9.13. The van der Waals surface area contributed by atoms with E-state index in [1.54, 1.807) is 0 Å². The Kier molecular flexibility index (Phi) is 5.39. The summed E-state index contributed by atoms with van der Waals surface area (Å²) >= 11 is 0. The minimum Gasteiger partial charge on any atom is -0.412 e. The zero-order valence-corrected chi connectivity index (χ0v) is 11.5. The molecule has 2 aromatic rings. The molecule has 1 aliphatic heterocycles. The Morgan fingerprint density at radius 3 is 2.57 bits per heavy atom. The van der Waals surface area contributed by atoms with Crippen molar-refractivity contribution < 1.29 is 25.5 Å². The number of aliphatic hydroxyl groups excluding tert-OH is 3. The van der Waals surface area contributed by atoms with Gasteiger partial charge in [0.1, 0.15) is 30.2 Å². The second-order valence-corrected chi connectivity index (χ2v) is 4.31. The van der Waals surface area contributed by atoms with Crippen molar-refractivity contribution in [2.24, 2.45) is 0 Å². The molecule has 2 aromatic heterocycles. The van der Waals surface area contributed by atoms with Crippen molar-refractivity contribution in [3.8, 4) is 0 Å². The first-order valence-corrected chi connectivity index (χ1v) is 5.69. The van der Waals surface area contributed by atoms with E-state index < -0.39 is 31.1 Å². The molecule has 0 aliphatic carbocycles. The van der Waals surface area contributed by atoms with Gasteiger partial charge in [0.15, 0.2) is 17.7 Å². The van der Waals surface area contributed by atoms with E-state index in [0.717, 1.165) is 0 Å². The smallest absolute Gasteiger partial charge is 0.167 e. The summed E-state index contributed by atoms with van der Waals surface area (Å²) in [7, 11) is 0. The first-order valence-electron chi connectivity index (χ1n) is 5.69. The van der Waals surface area contributed by atoms with E-state index in [4.69, 9.17) is 15.6 Å². The molecule has 1 fully saturated rings. The predicted octanol–water partition coefficient (Wildman–Crippen LogP) is -2.38. The number of nitrogen functional groups attached to an aromatic ring is 1. The van der Waals surface area contributed by atoms with Gasteiger partial charge in [-0.1, -0.05) is 0 Å². The van der Waals surface area contributed by atoms with E-state index in [0.29, 0.717) is 11.2 Å². The standard InChI is InChI=1S/C10H13N5O4.ClH.H2O/c11-8-5-9(13-2-12-8)15(3-14-5)10-7(18)6(17)4(1-16)19-10;;/h2-4,6-7,10,16-18H,1H2,(H2,11,12,13);1H;1H2/t4-,6-,7-,10-;;/m1../s1. The van der Waals surface area contributed by atoms with E-state index in [-0.39, 0.29) is 23.7 Å². The number of aliphatic hydroxyl groups is 3. The van der Waals surface area contributed by atoms with Gasteiger partial charge in [-0.3, -0.25) is 4.57 Å². The van der Waals surface area contributed by atoms with E-state index in [1.807, 2.05) is 0 Å². The fourth-order valence-electron chi connectivity index (χ4n) is 2.17. The highest BCUT2D eigenvalue weighted by Gasteiger charge is 2.43. The van der Waals surface area contributed by atoms with Crippen molar-refractivity contribution in [2.75, 3.05) is 12.3 Å². The quantitative estimate of drug-likeness (QED) is 0.474. The molecule has 1 aliphatic rings. The molecule has 10 nitrogen and oxygen atoms in total. The molecule has 118 valence electrons. The average Bonchev–Trinajstić information content (AvgIpc) is 2.94. The van der Waals surface area contributed by atoms with Gasteiger partial charge in [0, 0.05) is 0 Å². The molecule has 0 aromatic carbocycles. The number of rotatable bonds is 2. The lowest BCUT2D eigenvalue weighted by molar-refractivity contribution is -0.0511. The second kappa shape index (κ2) is 6.47. The highest BCUT2D eigenvalue weighted by Crippen LogP contribution is 2.31. The van der Waals surface area contributed by atoms with Crippen LogP contribution in [0.5, 0.6) is 0 Å². The van der Waals surface area contributed by atoms with Crippen LogP contribution in [0.4, 0.5) is 5.82 Å². The van der Waals surface area contributed by atoms with Crippen LogP contribution in [0.25, 0.3) is 11.2 Å². The Hall–Kier alpha value is -1.56. The molecule has 3 rings (SSSR count). The fourth-order valence-corrected chi connectivity index (χ4v) is 2.17. The normalized spacial score (nSPS) is 28.1. The number of hydrogen-bond acceptors (Lipinski definition) is 8. The summed E-state index contributed by atoms with van der Waals surface area (Å²) in [5, 5.41) is 28.7. The number of aromatic nitrogens is 4. The molecule has 0 amide bonds. The number of halogens is 1. The van der Waals surface area contributed by atoms with Gasteiger partial charge in [-0.05, 0) is 0 Å². The van der Waals surface area contributed by atoms with Crippen molar-refractivity contribution in [2.45, 2.75) is 24.5 Å². The van der Waals surface area contributed by atoms with Gasteiger partial charge in [0.2, 0.25) is 0 Å². The highest BCUT2D eigenvalue weighted by atomic mass is 35.5. The van der Waals surface area contributed by atoms with Gasteiger partial charge < -0.3 is 31.3 Å². The second-order valence-electron chi connectivity index (χ2n) is 4.31. The first kappa shape index (κ1) is 17.5. The maximum absolute atomic E-state index is 9.95. The predicted molar refractivity (Wildman–Crippen MR) is 73.6 cm³/mol. The van der Waals surface area contributed by atoms with Gasteiger partial charge in [-0.25, -0.2) is 15.0 Å². The van der Waals surface area contributed by atoms with Crippen LogP contribution in [0, 0.1) is 0 Å². The summed E-state index contributed by atoms with van der Waals surface area (Å²) in [6.07, 6.45) is -1.42. The number of nitrogens with zero attached hydrogens (tertiary/aromatic N) is 4. The van der Waals surface area contributed by atoms with Crippen LogP contribution >= 0.6 is 12.4 Å². The van der Waals surface area contributed by atoms with Crippen molar-refractivity contribution >= 4 is 29.4 Å². The minimum atomic E-state index is -1.19. The number of fused-ring (bicyclic) bond motifs is 1. The summed E-state index contributed by atoms with van der Waals surface area (Å²) in [5.74, 6) is 0.218. The third-order valence-electron chi connectivity index (χ3n) is 3.18. The summed E-state index contributed by atoms with van der Waals surface area (Å²) in [6.45, 7) is -0.390. The summed E-state index contributed by atoms with van der Waals surface area (Å²) in [6, 6.07) is 0. The molecule has 3 heterocycles. The maximum Gasteiger partial charge on any atom is 0.167 e. The van der Waals surface area contributed by atoms with E-state index in [2.05, 4.69) is 15.0 Å². The van der Waals surface area contributed by atoms with Crippen LogP contribution in [0.2, 0.25) is 0 Å². The molecular weight excluding hydrogens is 306 g/mol. The van der Waals surface area contributed by atoms with Crippen LogP contribution in [-0.2, 0) is 4.74 Å². The maximum atomic E-state index is 9.95. The largest absolute Gasteiger partial charge is 0.412 e. The molecule has 4 atom stereocenters. The third kappa shape index (κ3) is 2.64. The monoisotopic (exact) mass is 321 g/mol. The number of nitrogens with two attached hydrogens (primary N) is 1. The average molecular weight is 322 g/mol. The van der Waals surface area contributed by atoms with Crippen molar-refractivity contribution in [1.29, 1.82) is 0 Å². The highest BCUT2D eigenvalue weighted by molar-refractivity contribution is 5.85. The van der Waals surface area contributed by atoms with Crippen LogP contribution in [-0.4, -0.2) is 65.2 Å². The van der Waals surface area contributed by atoms with Gasteiger partial charge in [0.25, 0.3) is 0 Å². The van der Waals surface area contributed by atoms with Crippen LogP contribution in [0.1, 0.15) is 6.23 Å². The molecular formula is C10H16ClN5O5. The molecule has 0 bridgehead atoms. The summed E-state index contributed by atoms with van der Waals surface area (Å²) < 4.78 is 6.85. The SMILES string of the molecule is Cl.Nc1ncnc2c1ncn2[C@@H]1O[C@H](CO)[C@@H](O)[C@H]1O.O. The summed E-state index contributed by atoms with van der Waals surface area (Å²) in [5.41, 5.74) is 6.44. The van der Waals surface area contributed by atoms with Crippen LogP contribution in [0.3, 0.4) is 0 Å². The third-order valence-corrected chi connectivity index (χ3v) is 3.18.